The van der Waals surface area contributed by atoms with E-state index in [4.69, 9.17) is 0 Å². The van der Waals surface area contributed by atoms with Gasteiger partial charge >= 0.3 is 0 Å². The van der Waals surface area contributed by atoms with E-state index in [-0.39, 0.29) is 0 Å². The van der Waals surface area contributed by atoms with Crippen LogP contribution in [-0.2, 0) is 0 Å². The van der Waals surface area contributed by atoms with Gasteiger partial charge in [-0.25, -0.2) is 0 Å². The van der Waals surface area contributed by atoms with Crippen LogP contribution in [0.2, 0.25) is 0 Å². The molecule has 0 saturated heterocycles. The van der Waals surface area contributed by atoms with E-state index in [0.717, 1.165) is 18.5 Å². The molecule has 0 aromatic heterocycles. The molecule has 0 bridgehead atoms. The van der Waals surface area contributed by atoms with Crippen molar-refractivity contribution in [2.24, 2.45) is 5.92 Å². The molecule has 78 valence electrons. The van der Waals surface area contributed by atoms with E-state index in [9.17, 15) is 0 Å². The number of hydrogen-bond donors (Lipinski definition) is 1. The second kappa shape index (κ2) is 4.70. The van der Waals surface area contributed by atoms with E-state index < -0.39 is 0 Å². The molecule has 1 fully saturated rings. The monoisotopic (exact) mass is 201 g/mol. The SMILES string of the molecule is CSC(C)(C)CNC1CCCC1C. The maximum Gasteiger partial charge on any atom is 0.0225 e. The van der Waals surface area contributed by atoms with Gasteiger partial charge in [-0.15, -0.1) is 0 Å². The number of thioether (sulfide) groups is 1. The molecule has 1 aliphatic carbocycles. The summed E-state index contributed by atoms with van der Waals surface area (Å²) in [6.07, 6.45) is 6.40. The Balaban J connectivity index is 2.25. The van der Waals surface area contributed by atoms with Crippen LogP contribution in [-0.4, -0.2) is 23.6 Å². The zero-order valence-electron chi connectivity index (χ0n) is 9.39. The third kappa shape index (κ3) is 3.51. The first-order chi connectivity index (χ1) is 6.05. The lowest BCUT2D eigenvalue weighted by Crippen LogP contribution is -2.40. The molecule has 0 aromatic carbocycles. The first-order valence-electron chi connectivity index (χ1n) is 5.34. The molecular weight excluding hydrogens is 178 g/mol. The predicted molar refractivity (Wildman–Crippen MR) is 62.4 cm³/mol. The van der Waals surface area contributed by atoms with Gasteiger partial charge in [-0.2, -0.15) is 11.8 Å². The van der Waals surface area contributed by atoms with Crippen molar-refractivity contribution in [1.82, 2.24) is 5.32 Å². The molecule has 1 nitrogen and oxygen atoms in total. The molecule has 2 heteroatoms. The summed E-state index contributed by atoms with van der Waals surface area (Å²) in [5.41, 5.74) is 0. The van der Waals surface area contributed by atoms with E-state index in [1.54, 1.807) is 0 Å². The fourth-order valence-corrected chi connectivity index (χ4v) is 2.13. The zero-order valence-corrected chi connectivity index (χ0v) is 10.2. The van der Waals surface area contributed by atoms with Crippen LogP contribution in [0.1, 0.15) is 40.0 Å². The van der Waals surface area contributed by atoms with Crippen molar-refractivity contribution in [3.8, 4) is 0 Å². The van der Waals surface area contributed by atoms with Gasteiger partial charge in [0.25, 0.3) is 0 Å². The summed E-state index contributed by atoms with van der Waals surface area (Å²) in [6, 6.07) is 0.784. The Kier molecular flexibility index (Phi) is 4.11. The molecule has 0 radical (unpaired) electrons. The molecule has 0 aromatic rings. The van der Waals surface area contributed by atoms with Crippen molar-refractivity contribution < 1.29 is 0 Å². The lowest BCUT2D eigenvalue weighted by atomic mass is 10.1. The Hall–Kier alpha value is 0.310. The first-order valence-corrected chi connectivity index (χ1v) is 6.56. The van der Waals surface area contributed by atoms with E-state index in [1.807, 2.05) is 11.8 Å². The van der Waals surface area contributed by atoms with Crippen LogP contribution in [0.4, 0.5) is 0 Å². The second-order valence-electron chi connectivity index (χ2n) is 4.86. The van der Waals surface area contributed by atoms with Gasteiger partial charge in [0.1, 0.15) is 0 Å². The van der Waals surface area contributed by atoms with Crippen molar-refractivity contribution in [2.75, 3.05) is 12.8 Å². The second-order valence-corrected chi connectivity index (χ2v) is 6.37. The highest BCUT2D eigenvalue weighted by atomic mass is 32.2. The summed E-state index contributed by atoms with van der Waals surface area (Å²) in [5.74, 6) is 0.887. The number of rotatable bonds is 4. The molecule has 13 heavy (non-hydrogen) atoms. The fraction of sp³-hybridized carbons (Fsp3) is 1.00. The van der Waals surface area contributed by atoms with Crippen LogP contribution in [0, 0.1) is 5.92 Å². The molecule has 0 aliphatic heterocycles. The molecule has 0 spiro atoms. The molecular formula is C11H23NS. The largest absolute Gasteiger partial charge is 0.312 e. The summed E-state index contributed by atoms with van der Waals surface area (Å²) in [5, 5.41) is 3.70. The Bertz CT molecular complexity index is 156. The van der Waals surface area contributed by atoms with Crippen LogP contribution in [0.5, 0.6) is 0 Å². The van der Waals surface area contributed by atoms with Crippen molar-refractivity contribution in [2.45, 2.75) is 50.8 Å². The van der Waals surface area contributed by atoms with Gasteiger partial charge in [0, 0.05) is 17.3 Å². The highest BCUT2D eigenvalue weighted by molar-refractivity contribution is 7.99. The number of nitrogens with one attached hydrogen (secondary N) is 1. The van der Waals surface area contributed by atoms with Gasteiger partial charge in [-0.1, -0.05) is 13.3 Å². The van der Waals surface area contributed by atoms with E-state index >= 15 is 0 Å². The standard InChI is InChI=1S/C11H23NS/c1-9-6-5-7-10(9)12-8-11(2,3)13-4/h9-10,12H,5-8H2,1-4H3. The van der Waals surface area contributed by atoms with Crippen molar-refractivity contribution in [3.05, 3.63) is 0 Å². The maximum atomic E-state index is 3.70. The minimum atomic E-state index is 0.391. The third-order valence-electron chi connectivity index (χ3n) is 3.20. The van der Waals surface area contributed by atoms with Gasteiger partial charge in [-0.05, 0) is 38.9 Å². The average molecular weight is 201 g/mol. The predicted octanol–water partition coefficient (Wildman–Crippen LogP) is 2.91. The summed E-state index contributed by atoms with van der Waals surface area (Å²) in [4.78, 5) is 0. The molecule has 1 N–H and O–H groups in total. The molecule has 0 amide bonds. The molecule has 2 unspecified atom stereocenters. The molecule has 0 heterocycles. The maximum absolute atomic E-state index is 3.70. The summed E-state index contributed by atoms with van der Waals surface area (Å²) in [7, 11) is 0. The lowest BCUT2D eigenvalue weighted by Gasteiger charge is -2.26. The third-order valence-corrected chi connectivity index (χ3v) is 4.45. The van der Waals surface area contributed by atoms with E-state index in [1.165, 1.54) is 19.3 Å². The van der Waals surface area contributed by atoms with Crippen LogP contribution in [0.15, 0.2) is 0 Å². The highest BCUT2D eigenvalue weighted by Crippen LogP contribution is 2.26. The molecule has 2 atom stereocenters. The zero-order chi connectivity index (χ0) is 9.90. The molecule has 1 rings (SSSR count). The topological polar surface area (TPSA) is 12.0 Å². The van der Waals surface area contributed by atoms with Gasteiger partial charge < -0.3 is 5.32 Å². The van der Waals surface area contributed by atoms with Crippen LogP contribution in [0.3, 0.4) is 0 Å². The first kappa shape index (κ1) is 11.4. The molecule has 1 saturated carbocycles. The van der Waals surface area contributed by atoms with E-state index in [2.05, 4.69) is 32.3 Å². The van der Waals surface area contributed by atoms with Gasteiger partial charge in [0.15, 0.2) is 0 Å². The average Bonchev–Trinajstić information content (AvgIpc) is 2.48. The Morgan fingerprint density at radius 1 is 1.38 bits per heavy atom. The van der Waals surface area contributed by atoms with Crippen LogP contribution >= 0.6 is 11.8 Å². The van der Waals surface area contributed by atoms with Crippen LogP contribution in [0.25, 0.3) is 0 Å². The minimum absolute atomic E-state index is 0.391. The summed E-state index contributed by atoms with van der Waals surface area (Å²) < 4.78 is 0.391. The fourth-order valence-electron chi connectivity index (χ4n) is 1.90. The van der Waals surface area contributed by atoms with Gasteiger partial charge in [-0.3, -0.25) is 0 Å². The molecule has 1 aliphatic rings. The normalized spacial score (nSPS) is 29.5. The lowest BCUT2D eigenvalue weighted by molar-refractivity contribution is 0.411. The van der Waals surface area contributed by atoms with Crippen molar-refractivity contribution in [3.63, 3.8) is 0 Å². The van der Waals surface area contributed by atoms with E-state index in [0.29, 0.717) is 4.75 Å². The van der Waals surface area contributed by atoms with Crippen molar-refractivity contribution >= 4 is 11.8 Å². The van der Waals surface area contributed by atoms with Gasteiger partial charge in [0.2, 0.25) is 0 Å². The Morgan fingerprint density at radius 3 is 2.54 bits per heavy atom. The van der Waals surface area contributed by atoms with Crippen LogP contribution < -0.4 is 5.32 Å². The van der Waals surface area contributed by atoms with Gasteiger partial charge in [0.05, 0.1) is 0 Å². The number of hydrogen-bond acceptors (Lipinski definition) is 2. The van der Waals surface area contributed by atoms with Crippen molar-refractivity contribution in [1.29, 1.82) is 0 Å². The minimum Gasteiger partial charge on any atom is -0.312 e. The Labute approximate surface area is 87.1 Å². The summed E-state index contributed by atoms with van der Waals surface area (Å²) >= 11 is 1.95. The highest BCUT2D eigenvalue weighted by Gasteiger charge is 2.25. The Morgan fingerprint density at radius 2 is 2.08 bits per heavy atom. The smallest absolute Gasteiger partial charge is 0.0225 e. The summed E-state index contributed by atoms with van der Waals surface area (Å²) in [6.45, 7) is 8.13. The quantitative estimate of drug-likeness (QED) is 0.750.